The van der Waals surface area contributed by atoms with Crippen LogP contribution in [0.3, 0.4) is 0 Å². The zero-order valence-corrected chi connectivity index (χ0v) is 16.6. The SMILES string of the molecule is C/C=C\C/C=C\C/C=C\C/C=C\C/C=C\CCCCCCCCC(=O)O. The number of aliphatic carboxylic acids is 1. The standard InChI is InChI=1S/C24H38O2/c1-2-3-4-5-6-7-8-9-10-11-12-13-14-15-16-17-18-19-20-21-22-23-24(25)26/h2-3,5-6,8-9,11-12,14-15H,4,7,10,13,16-23H2,1H3,(H,25,26)/b3-2-,6-5-,9-8-,12-11-,15-14-. The van der Waals surface area contributed by atoms with Crippen molar-refractivity contribution in [2.75, 3.05) is 0 Å². The molecule has 0 aromatic heterocycles. The zero-order valence-electron chi connectivity index (χ0n) is 16.6. The Morgan fingerprint density at radius 1 is 0.615 bits per heavy atom. The highest BCUT2D eigenvalue weighted by molar-refractivity contribution is 5.66. The molecule has 0 rings (SSSR count). The highest BCUT2D eigenvalue weighted by atomic mass is 16.4. The van der Waals surface area contributed by atoms with Crippen LogP contribution in [0.4, 0.5) is 0 Å². The molecule has 0 spiro atoms. The van der Waals surface area contributed by atoms with Gasteiger partial charge in [-0.3, -0.25) is 4.79 Å². The number of hydrogen-bond acceptors (Lipinski definition) is 1. The van der Waals surface area contributed by atoms with Gasteiger partial charge in [0.15, 0.2) is 0 Å². The average Bonchev–Trinajstić information content (AvgIpc) is 2.62. The third-order valence-electron chi connectivity index (χ3n) is 4.00. The summed E-state index contributed by atoms with van der Waals surface area (Å²) in [5, 5.41) is 8.55. The van der Waals surface area contributed by atoms with Crippen molar-refractivity contribution in [2.45, 2.75) is 84.0 Å². The van der Waals surface area contributed by atoms with Gasteiger partial charge in [0.2, 0.25) is 0 Å². The van der Waals surface area contributed by atoms with E-state index in [9.17, 15) is 4.79 Å². The predicted molar refractivity (Wildman–Crippen MR) is 114 cm³/mol. The summed E-state index contributed by atoms with van der Waals surface area (Å²) in [6.45, 7) is 2.05. The molecule has 0 saturated carbocycles. The Balaban J connectivity index is 3.35. The van der Waals surface area contributed by atoms with Crippen LogP contribution in [-0.4, -0.2) is 11.1 Å². The lowest BCUT2D eigenvalue weighted by Gasteiger charge is -1.99. The van der Waals surface area contributed by atoms with Crippen molar-refractivity contribution in [3.8, 4) is 0 Å². The number of carboxylic acid groups (broad SMARTS) is 1. The van der Waals surface area contributed by atoms with Gasteiger partial charge in [0.1, 0.15) is 0 Å². The molecule has 0 unspecified atom stereocenters. The van der Waals surface area contributed by atoms with Crippen molar-refractivity contribution in [1.29, 1.82) is 0 Å². The third kappa shape index (κ3) is 22.2. The molecular weight excluding hydrogens is 320 g/mol. The Morgan fingerprint density at radius 3 is 1.54 bits per heavy atom. The van der Waals surface area contributed by atoms with E-state index >= 15 is 0 Å². The first-order chi connectivity index (χ1) is 12.8. The highest BCUT2D eigenvalue weighted by Crippen LogP contribution is 2.09. The molecule has 0 amide bonds. The van der Waals surface area contributed by atoms with Gasteiger partial charge in [-0.05, 0) is 51.9 Å². The van der Waals surface area contributed by atoms with E-state index in [1.165, 1.54) is 25.7 Å². The lowest BCUT2D eigenvalue weighted by Crippen LogP contribution is -1.93. The van der Waals surface area contributed by atoms with E-state index in [-0.39, 0.29) is 0 Å². The fourth-order valence-corrected chi connectivity index (χ4v) is 2.49. The second kappa shape index (κ2) is 21.2. The first-order valence-electron chi connectivity index (χ1n) is 10.2. The summed E-state index contributed by atoms with van der Waals surface area (Å²) in [6.07, 6.45) is 34.4. The van der Waals surface area contributed by atoms with Gasteiger partial charge in [0, 0.05) is 6.42 Å². The van der Waals surface area contributed by atoms with E-state index in [0.29, 0.717) is 6.42 Å². The number of carbonyl (C=O) groups is 1. The van der Waals surface area contributed by atoms with E-state index in [1.807, 2.05) is 6.92 Å². The summed E-state index contributed by atoms with van der Waals surface area (Å²) in [6, 6.07) is 0. The zero-order chi connectivity index (χ0) is 19.1. The first-order valence-corrected chi connectivity index (χ1v) is 10.2. The smallest absolute Gasteiger partial charge is 0.303 e. The molecule has 146 valence electrons. The molecule has 0 saturated heterocycles. The van der Waals surface area contributed by atoms with Gasteiger partial charge in [-0.1, -0.05) is 86.4 Å². The Labute approximate surface area is 161 Å². The van der Waals surface area contributed by atoms with Gasteiger partial charge in [0.05, 0.1) is 0 Å². The van der Waals surface area contributed by atoms with Crippen molar-refractivity contribution in [2.24, 2.45) is 0 Å². The van der Waals surface area contributed by atoms with Crippen molar-refractivity contribution in [3.05, 3.63) is 60.8 Å². The number of rotatable bonds is 17. The minimum atomic E-state index is -0.673. The van der Waals surface area contributed by atoms with Crippen LogP contribution in [0.1, 0.15) is 84.0 Å². The molecule has 0 bridgehead atoms. The Kier molecular flexibility index (Phi) is 19.7. The van der Waals surface area contributed by atoms with Crippen LogP contribution in [0.2, 0.25) is 0 Å². The lowest BCUT2D eigenvalue weighted by atomic mass is 10.1. The van der Waals surface area contributed by atoms with Crippen LogP contribution in [0.25, 0.3) is 0 Å². The largest absolute Gasteiger partial charge is 0.481 e. The fourth-order valence-electron chi connectivity index (χ4n) is 2.49. The van der Waals surface area contributed by atoms with Crippen molar-refractivity contribution < 1.29 is 9.90 Å². The summed E-state index contributed by atoms with van der Waals surface area (Å²) < 4.78 is 0. The molecule has 0 atom stereocenters. The number of allylic oxidation sites excluding steroid dienone is 10. The summed E-state index contributed by atoms with van der Waals surface area (Å²) in [5.74, 6) is -0.673. The number of unbranched alkanes of at least 4 members (excludes halogenated alkanes) is 6. The fraction of sp³-hybridized carbons (Fsp3) is 0.542. The molecule has 0 heterocycles. The van der Waals surface area contributed by atoms with Crippen molar-refractivity contribution in [1.82, 2.24) is 0 Å². The first kappa shape index (κ1) is 24.2. The average molecular weight is 359 g/mol. The highest BCUT2D eigenvalue weighted by Gasteiger charge is 1.96. The maximum atomic E-state index is 10.4. The summed E-state index contributed by atoms with van der Waals surface area (Å²) in [4.78, 5) is 10.4. The van der Waals surface area contributed by atoms with Crippen molar-refractivity contribution in [3.63, 3.8) is 0 Å². The van der Waals surface area contributed by atoms with E-state index in [0.717, 1.165) is 44.9 Å². The Hall–Kier alpha value is -1.83. The van der Waals surface area contributed by atoms with E-state index in [1.54, 1.807) is 0 Å². The van der Waals surface area contributed by atoms with Crippen LogP contribution in [-0.2, 0) is 4.79 Å². The molecule has 2 nitrogen and oxygen atoms in total. The second-order valence-electron chi connectivity index (χ2n) is 6.45. The van der Waals surface area contributed by atoms with Crippen LogP contribution in [0.15, 0.2) is 60.8 Å². The molecule has 0 aromatic rings. The maximum Gasteiger partial charge on any atom is 0.303 e. The molecular formula is C24H38O2. The molecule has 0 radical (unpaired) electrons. The van der Waals surface area contributed by atoms with Crippen LogP contribution in [0, 0.1) is 0 Å². The molecule has 0 aliphatic carbocycles. The van der Waals surface area contributed by atoms with Crippen molar-refractivity contribution >= 4 is 5.97 Å². The molecule has 0 aliphatic heterocycles. The summed E-state index contributed by atoms with van der Waals surface area (Å²) in [5.41, 5.74) is 0. The monoisotopic (exact) mass is 358 g/mol. The van der Waals surface area contributed by atoms with E-state index in [4.69, 9.17) is 5.11 Å². The minimum absolute atomic E-state index is 0.319. The van der Waals surface area contributed by atoms with Crippen LogP contribution in [0.5, 0.6) is 0 Å². The quantitative estimate of drug-likeness (QED) is 0.215. The molecule has 2 heteroatoms. The molecule has 0 aliphatic rings. The minimum Gasteiger partial charge on any atom is -0.481 e. The maximum absolute atomic E-state index is 10.4. The van der Waals surface area contributed by atoms with E-state index in [2.05, 4.69) is 60.8 Å². The molecule has 1 N–H and O–H groups in total. The van der Waals surface area contributed by atoms with Gasteiger partial charge in [-0.25, -0.2) is 0 Å². The topological polar surface area (TPSA) is 37.3 Å². The van der Waals surface area contributed by atoms with Gasteiger partial charge in [0.25, 0.3) is 0 Å². The van der Waals surface area contributed by atoms with Gasteiger partial charge in [-0.2, -0.15) is 0 Å². The number of hydrogen-bond donors (Lipinski definition) is 1. The van der Waals surface area contributed by atoms with Crippen LogP contribution >= 0.6 is 0 Å². The normalized spacial score (nSPS) is 12.7. The second-order valence-corrected chi connectivity index (χ2v) is 6.45. The Bertz CT molecular complexity index is 453. The summed E-state index contributed by atoms with van der Waals surface area (Å²) >= 11 is 0. The predicted octanol–water partition coefficient (Wildman–Crippen LogP) is 7.55. The molecule has 0 aromatic carbocycles. The molecule has 0 fully saturated rings. The van der Waals surface area contributed by atoms with Crippen LogP contribution < -0.4 is 0 Å². The Morgan fingerprint density at radius 2 is 1.04 bits per heavy atom. The third-order valence-corrected chi connectivity index (χ3v) is 4.00. The lowest BCUT2D eigenvalue weighted by molar-refractivity contribution is -0.137. The molecule has 26 heavy (non-hydrogen) atoms. The summed E-state index contributed by atoms with van der Waals surface area (Å²) in [7, 11) is 0. The van der Waals surface area contributed by atoms with Gasteiger partial charge in [-0.15, -0.1) is 0 Å². The number of carboxylic acids is 1. The van der Waals surface area contributed by atoms with E-state index < -0.39 is 5.97 Å². The van der Waals surface area contributed by atoms with Gasteiger partial charge < -0.3 is 5.11 Å². The van der Waals surface area contributed by atoms with Gasteiger partial charge >= 0.3 is 5.97 Å².